The molecule has 1 aromatic heterocycles. The second-order valence-corrected chi connectivity index (χ2v) is 6.08. The highest BCUT2D eigenvalue weighted by Crippen LogP contribution is 2.23. The maximum Gasteiger partial charge on any atom is 0.176 e. The number of hydrogen-bond donors (Lipinski definition) is 1. The van der Waals surface area contributed by atoms with Gasteiger partial charge in [-0.1, -0.05) is 6.07 Å². The van der Waals surface area contributed by atoms with E-state index >= 15 is 0 Å². The van der Waals surface area contributed by atoms with Crippen molar-refractivity contribution >= 4 is 0 Å². The van der Waals surface area contributed by atoms with Crippen molar-refractivity contribution in [1.82, 2.24) is 20.1 Å². The molecule has 1 aromatic carbocycles. The average Bonchev–Trinajstić information content (AvgIpc) is 2.96. The summed E-state index contributed by atoms with van der Waals surface area (Å²) in [5.41, 5.74) is 0.901. The van der Waals surface area contributed by atoms with Gasteiger partial charge in [-0.25, -0.2) is 14.1 Å². The van der Waals surface area contributed by atoms with Crippen LogP contribution < -0.4 is 10.1 Å². The van der Waals surface area contributed by atoms with Gasteiger partial charge in [0.05, 0.1) is 13.7 Å². The Labute approximate surface area is 141 Å². The lowest BCUT2D eigenvalue weighted by Gasteiger charge is -2.27. The first-order chi connectivity index (χ1) is 11.6. The van der Waals surface area contributed by atoms with Crippen molar-refractivity contribution in [3.05, 3.63) is 41.2 Å². The van der Waals surface area contributed by atoms with E-state index in [0.29, 0.717) is 6.61 Å². The molecule has 0 bridgehead atoms. The normalized spacial score (nSPS) is 18.2. The Kier molecular flexibility index (Phi) is 5.11. The van der Waals surface area contributed by atoms with Crippen LogP contribution in [0.1, 0.15) is 36.6 Å². The van der Waals surface area contributed by atoms with Crippen molar-refractivity contribution in [1.29, 1.82) is 0 Å². The molecule has 0 spiro atoms. The van der Waals surface area contributed by atoms with Crippen molar-refractivity contribution in [2.24, 2.45) is 0 Å². The van der Waals surface area contributed by atoms with E-state index in [1.807, 2.05) is 17.7 Å². The minimum Gasteiger partial charge on any atom is -0.494 e. The van der Waals surface area contributed by atoms with E-state index in [1.54, 1.807) is 13.2 Å². The third-order valence-electron chi connectivity index (χ3n) is 4.34. The molecule has 0 radical (unpaired) electrons. The number of ether oxygens (including phenoxy) is 2. The van der Waals surface area contributed by atoms with Gasteiger partial charge in [0.25, 0.3) is 0 Å². The Morgan fingerprint density at radius 2 is 2.25 bits per heavy atom. The highest BCUT2D eigenvalue weighted by molar-refractivity contribution is 5.30. The number of aromatic nitrogens is 3. The van der Waals surface area contributed by atoms with Crippen LogP contribution in [0.5, 0.6) is 5.75 Å². The van der Waals surface area contributed by atoms with Crippen LogP contribution in [0.3, 0.4) is 0 Å². The predicted octanol–water partition coefficient (Wildman–Crippen LogP) is 2.24. The van der Waals surface area contributed by atoms with Crippen LogP contribution in [0.2, 0.25) is 0 Å². The van der Waals surface area contributed by atoms with Gasteiger partial charge in [-0.2, -0.15) is 5.10 Å². The van der Waals surface area contributed by atoms with Crippen molar-refractivity contribution in [3.63, 3.8) is 0 Å². The molecule has 1 aliphatic rings. The first kappa shape index (κ1) is 16.9. The molecule has 130 valence electrons. The molecule has 0 amide bonds. The Hall–Kier alpha value is -1.99. The summed E-state index contributed by atoms with van der Waals surface area (Å²) in [6.07, 6.45) is 1.85. The van der Waals surface area contributed by atoms with E-state index in [9.17, 15) is 4.39 Å². The second-order valence-electron chi connectivity index (χ2n) is 6.08. The van der Waals surface area contributed by atoms with Crippen LogP contribution in [-0.2, 0) is 24.3 Å². The fourth-order valence-corrected chi connectivity index (χ4v) is 3.09. The zero-order chi connectivity index (χ0) is 17.1. The third kappa shape index (κ3) is 3.57. The van der Waals surface area contributed by atoms with Crippen LogP contribution >= 0.6 is 0 Å². The fraction of sp³-hybridized carbons (Fsp3) is 0.529. The van der Waals surface area contributed by atoms with Crippen LogP contribution in [-0.4, -0.2) is 35.0 Å². The van der Waals surface area contributed by atoms with Gasteiger partial charge < -0.3 is 14.8 Å². The zero-order valence-corrected chi connectivity index (χ0v) is 14.3. The van der Waals surface area contributed by atoms with Gasteiger partial charge in [-0.05, 0) is 31.0 Å². The number of rotatable bonds is 6. The molecule has 24 heavy (non-hydrogen) atoms. The monoisotopic (exact) mass is 334 g/mol. The molecular formula is C17H23FN4O2. The molecule has 7 heteroatoms. The zero-order valence-electron chi connectivity index (χ0n) is 14.3. The van der Waals surface area contributed by atoms with Crippen molar-refractivity contribution < 1.29 is 13.9 Å². The molecule has 2 atom stereocenters. The summed E-state index contributed by atoms with van der Waals surface area (Å²) in [7, 11) is 3.11. The summed E-state index contributed by atoms with van der Waals surface area (Å²) in [6.45, 7) is 3.23. The topological polar surface area (TPSA) is 61.2 Å². The third-order valence-corrected chi connectivity index (χ3v) is 4.34. The number of hydrogen-bond acceptors (Lipinski definition) is 5. The summed E-state index contributed by atoms with van der Waals surface area (Å²) in [5.74, 6) is 1.65. The minimum absolute atomic E-state index is 0.0407. The minimum atomic E-state index is -0.338. The number of halogens is 1. The van der Waals surface area contributed by atoms with Crippen LogP contribution in [0.4, 0.5) is 4.39 Å². The van der Waals surface area contributed by atoms with Gasteiger partial charge >= 0.3 is 0 Å². The van der Waals surface area contributed by atoms with E-state index < -0.39 is 0 Å². The Morgan fingerprint density at radius 1 is 1.42 bits per heavy atom. The SMILES string of the molecule is COCc1nc2n(n1)C[C@H](N[C@@H](C)c1ccc(OC)c(F)c1)CC2. The molecule has 1 N–H and O–H groups in total. The smallest absolute Gasteiger partial charge is 0.176 e. The van der Waals surface area contributed by atoms with Crippen molar-refractivity contribution in [2.75, 3.05) is 14.2 Å². The molecule has 1 aliphatic heterocycles. The van der Waals surface area contributed by atoms with Gasteiger partial charge in [-0.15, -0.1) is 0 Å². The molecular weight excluding hydrogens is 311 g/mol. The first-order valence-corrected chi connectivity index (χ1v) is 8.11. The number of fused-ring (bicyclic) bond motifs is 1. The molecule has 6 nitrogen and oxygen atoms in total. The molecule has 2 aromatic rings. The molecule has 0 fully saturated rings. The van der Waals surface area contributed by atoms with Crippen LogP contribution in [0.15, 0.2) is 18.2 Å². The Morgan fingerprint density at radius 3 is 2.96 bits per heavy atom. The standard InChI is InChI=1S/C17H23FN4O2/c1-11(12-4-6-15(24-3)14(18)8-12)19-13-5-7-17-20-16(10-23-2)21-22(17)9-13/h4,6,8,11,13,19H,5,7,9-10H2,1-3H3/t11-,13+/m0/s1. The maximum absolute atomic E-state index is 13.9. The lowest BCUT2D eigenvalue weighted by Crippen LogP contribution is -2.39. The fourth-order valence-electron chi connectivity index (χ4n) is 3.09. The van der Waals surface area contributed by atoms with Gasteiger partial charge in [0, 0.05) is 25.6 Å². The van der Waals surface area contributed by atoms with Crippen molar-refractivity contribution in [2.45, 2.75) is 45.0 Å². The second kappa shape index (κ2) is 7.27. The number of nitrogens with zero attached hydrogens (tertiary/aromatic N) is 3. The summed E-state index contributed by atoms with van der Waals surface area (Å²) in [5, 5.41) is 8.03. The van der Waals surface area contributed by atoms with Crippen molar-refractivity contribution in [3.8, 4) is 5.75 Å². The highest BCUT2D eigenvalue weighted by atomic mass is 19.1. The number of methoxy groups -OCH3 is 2. The summed E-state index contributed by atoms with van der Waals surface area (Å²) in [6, 6.07) is 5.39. The molecule has 0 unspecified atom stereocenters. The Bertz CT molecular complexity index is 704. The lowest BCUT2D eigenvalue weighted by molar-refractivity contribution is 0.177. The van der Waals surface area contributed by atoms with E-state index in [-0.39, 0.29) is 23.7 Å². The molecule has 0 saturated carbocycles. The maximum atomic E-state index is 13.9. The van der Waals surface area contributed by atoms with Gasteiger partial charge in [-0.3, -0.25) is 0 Å². The highest BCUT2D eigenvalue weighted by Gasteiger charge is 2.23. The lowest BCUT2D eigenvalue weighted by atomic mass is 10.0. The summed E-state index contributed by atoms with van der Waals surface area (Å²) >= 11 is 0. The molecule has 2 heterocycles. The average molecular weight is 334 g/mol. The summed E-state index contributed by atoms with van der Waals surface area (Å²) < 4.78 is 25.9. The van der Waals surface area contributed by atoms with Gasteiger partial charge in [0.15, 0.2) is 17.4 Å². The van der Waals surface area contributed by atoms with Crippen LogP contribution in [0.25, 0.3) is 0 Å². The van der Waals surface area contributed by atoms with Gasteiger partial charge in [0.1, 0.15) is 12.4 Å². The quantitative estimate of drug-likeness (QED) is 0.878. The number of benzene rings is 1. The Balaban J connectivity index is 1.64. The number of aryl methyl sites for hydroxylation is 1. The molecule has 0 saturated heterocycles. The van der Waals surface area contributed by atoms with Gasteiger partial charge in [0.2, 0.25) is 0 Å². The van der Waals surface area contributed by atoms with E-state index in [2.05, 4.69) is 15.4 Å². The number of nitrogens with one attached hydrogen (secondary N) is 1. The van der Waals surface area contributed by atoms with E-state index in [1.165, 1.54) is 13.2 Å². The van der Waals surface area contributed by atoms with Crippen LogP contribution in [0, 0.1) is 5.82 Å². The molecule has 0 aliphatic carbocycles. The largest absolute Gasteiger partial charge is 0.494 e. The first-order valence-electron chi connectivity index (χ1n) is 8.11. The summed E-state index contributed by atoms with van der Waals surface area (Å²) in [4.78, 5) is 4.48. The predicted molar refractivity (Wildman–Crippen MR) is 87.3 cm³/mol. The molecule has 3 rings (SSSR count). The van der Waals surface area contributed by atoms with E-state index in [0.717, 1.165) is 36.6 Å². The van der Waals surface area contributed by atoms with E-state index in [4.69, 9.17) is 9.47 Å².